The Morgan fingerprint density at radius 1 is 1.10 bits per heavy atom. The highest BCUT2D eigenvalue weighted by atomic mass is 19.1. The third-order valence-corrected chi connectivity index (χ3v) is 6.25. The lowest BCUT2D eigenvalue weighted by Crippen LogP contribution is -2.55. The molecule has 3 saturated heterocycles. The first-order valence-corrected chi connectivity index (χ1v) is 9.81. The Kier molecular flexibility index (Phi) is 4.40. The molecular weight excluding hydrogens is 385 g/mol. The molecule has 0 radical (unpaired) electrons. The van der Waals surface area contributed by atoms with Gasteiger partial charge in [0.1, 0.15) is 17.9 Å². The van der Waals surface area contributed by atoms with Crippen LogP contribution in [0.1, 0.15) is 37.3 Å². The second kappa shape index (κ2) is 6.84. The maximum absolute atomic E-state index is 13.7. The number of ether oxygens (including phenoxy) is 1. The number of piperidine rings is 1. The Morgan fingerprint density at radius 3 is 2.48 bits per heavy atom. The van der Waals surface area contributed by atoms with Crippen LogP contribution >= 0.6 is 0 Å². The van der Waals surface area contributed by atoms with E-state index in [1.807, 2.05) is 4.90 Å². The summed E-state index contributed by atoms with van der Waals surface area (Å²) in [4.78, 5) is 21.2. The number of allylic oxidation sites excluding steroid dienone is 1. The minimum atomic E-state index is -0.912. The molecule has 0 aromatic heterocycles. The van der Waals surface area contributed by atoms with Crippen LogP contribution in [0.15, 0.2) is 35.2 Å². The molecule has 154 valence electrons. The van der Waals surface area contributed by atoms with Crippen molar-refractivity contribution in [3.63, 3.8) is 0 Å². The minimum Gasteiger partial charge on any atom is -0.355 e. The molecule has 6 nitrogen and oxygen atoms in total. The highest BCUT2D eigenvalue weighted by Gasteiger charge is 2.58. The summed E-state index contributed by atoms with van der Waals surface area (Å²) < 4.78 is 46.7. The van der Waals surface area contributed by atoms with E-state index in [1.165, 1.54) is 24.5 Å². The number of halogens is 3. The molecule has 9 heteroatoms. The zero-order chi connectivity index (χ0) is 20.2. The largest absolute Gasteiger partial charge is 0.355 e. The van der Waals surface area contributed by atoms with Crippen LogP contribution in [0.5, 0.6) is 0 Å². The summed E-state index contributed by atoms with van der Waals surface area (Å²) >= 11 is 0. The van der Waals surface area contributed by atoms with Crippen LogP contribution in [0.2, 0.25) is 0 Å². The molecule has 1 unspecified atom stereocenters. The topological polar surface area (TPSA) is 57.2 Å². The predicted octanol–water partition coefficient (Wildman–Crippen LogP) is 2.59. The van der Waals surface area contributed by atoms with Gasteiger partial charge < -0.3 is 15.0 Å². The van der Waals surface area contributed by atoms with E-state index in [0.717, 1.165) is 6.07 Å². The van der Waals surface area contributed by atoms with E-state index in [-0.39, 0.29) is 24.5 Å². The van der Waals surface area contributed by atoms with Crippen molar-refractivity contribution >= 4 is 12.1 Å². The lowest BCUT2D eigenvalue weighted by molar-refractivity contribution is -0.144. The molecule has 5 rings (SSSR count). The number of benzene rings is 1. The van der Waals surface area contributed by atoms with E-state index < -0.39 is 23.1 Å². The number of nitrogens with one attached hydrogen (secondary N) is 1. The molecule has 4 aliphatic rings. The lowest BCUT2D eigenvalue weighted by Gasteiger charge is -2.40. The van der Waals surface area contributed by atoms with Gasteiger partial charge >= 0.3 is 0 Å². The van der Waals surface area contributed by atoms with Crippen molar-refractivity contribution in [2.75, 3.05) is 13.1 Å². The first-order chi connectivity index (χ1) is 13.9. The highest BCUT2D eigenvalue weighted by Crippen LogP contribution is 2.47. The van der Waals surface area contributed by atoms with E-state index in [0.29, 0.717) is 44.3 Å². The maximum Gasteiger partial charge on any atom is 0.257 e. The number of hydrogen-bond donors (Lipinski definition) is 1. The van der Waals surface area contributed by atoms with Gasteiger partial charge in [-0.3, -0.25) is 14.7 Å². The summed E-state index contributed by atoms with van der Waals surface area (Å²) in [5, 5.41) is 2.89. The third-order valence-electron chi connectivity index (χ3n) is 6.25. The number of aliphatic imine (C=N–C) groups is 1. The van der Waals surface area contributed by atoms with Gasteiger partial charge in [0.25, 0.3) is 5.91 Å². The molecule has 4 aliphatic heterocycles. The Balaban J connectivity index is 1.31. The van der Waals surface area contributed by atoms with Gasteiger partial charge in [-0.1, -0.05) is 0 Å². The summed E-state index contributed by atoms with van der Waals surface area (Å²) in [6.45, 7) is 1.13. The van der Waals surface area contributed by atoms with Gasteiger partial charge in [0.15, 0.2) is 17.7 Å². The number of carbonyl (C=O) groups is 1. The molecule has 0 bridgehead atoms. The molecule has 3 atom stereocenters. The van der Waals surface area contributed by atoms with Gasteiger partial charge in [-0.25, -0.2) is 13.2 Å². The molecule has 4 heterocycles. The second-order valence-corrected chi connectivity index (χ2v) is 7.96. The number of fused-ring (bicyclic) bond motifs is 1. The SMILES string of the molecule is O=C1N2[C@@H](CC[C@H]2c2cc(F)cc(F)c2)OC12CCN(C1N=CC(F)=CN1)CC2. The van der Waals surface area contributed by atoms with Crippen LogP contribution in [0.4, 0.5) is 13.2 Å². The monoisotopic (exact) mass is 406 g/mol. The number of rotatable bonds is 2. The van der Waals surface area contributed by atoms with Crippen molar-refractivity contribution in [3.05, 3.63) is 47.4 Å². The average Bonchev–Trinajstić information content (AvgIpc) is 3.21. The van der Waals surface area contributed by atoms with Crippen molar-refractivity contribution in [1.29, 1.82) is 0 Å². The summed E-state index contributed by atoms with van der Waals surface area (Å²) in [5.74, 6) is -1.83. The van der Waals surface area contributed by atoms with Gasteiger partial charge in [0, 0.05) is 25.4 Å². The molecule has 1 N–H and O–H groups in total. The van der Waals surface area contributed by atoms with Crippen LogP contribution in [-0.2, 0) is 9.53 Å². The summed E-state index contributed by atoms with van der Waals surface area (Å²) in [5.41, 5.74) is -0.448. The van der Waals surface area contributed by atoms with Gasteiger partial charge in [0.05, 0.1) is 12.3 Å². The smallest absolute Gasteiger partial charge is 0.257 e. The second-order valence-electron chi connectivity index (χ2n) is 7.96. The molecule has 1 aromatic rings. The summed E-state index contributed by atoms with van der Waals surface area (Å²) in [6, 6.07) is 3.03. The van der Waals surface area contributed by atoms with Crippen molar-refractivity contribution in [3.8, 4) is 0 Å². The zero-order valence-corrected chi connectivity index (χ0v) is 15.7. The van der Waals surface area contributed by atoms with Crippen LogP contribution in [0.3, 0.4) is 0 Å². The van der Waals surface area contributed by atoms with Crippen LogP contribution < -0.4 is 5.32 Å². The predicted molar refractivity (Wildman–Crippen MR) is 98.2 cm³/mol. The lowest BCUT2D eigenvalue weighted by atomic mass is 9.89. The Bertz CT molecular complexity index is 877. The molecule has 29 heavy (non-hydrogen) atoms. The third kappa shape index (κ3) is 3.12. The minimum absolute atomic E-state index is 0.111. The average molecular weight is 406 g/mol. The Morgan fingerprint density at radius 2 is 1.83 bits per heavy atom. The fourth-order valence-corrected chi connectivity index (χ4v) is 4.85. The number of likely N-dealkylation sites (tertiary alicyclic amines) is 1. The normalized spacial score (nSPS) is 31.1. The quantitative estimate of drug-likeness (QED) is 0.821. The van der Waals surface area contributed by atoms with Crippen molar-refractivity contribution in [2.24, 2.45) is 4.99 Å². The number of amides is 1. The Labute approximate surface area is 166 Å². The molecule has 0 saturated carbocycles. The number of nitrogens with zero attached hydrogens (tertiary/aromatic N) is 3. The van der Waals surface area contributed by atoms with Gasteiger partial charge in [-0.15, -0.1) is 0 Å². The highest BCUT2D eigenvalue weighted by molar-refractivity contribution is 5.88. The van der Waals surface area contributed by atoms with Gasteiger partial charge in [0.2, 0.25) is 0 Å². The summed E-state index contributed by atoms with van der Waals surface area (Å²) in [7, 11) is 0. The first kappa shape index (κ1) is 18.6. The molecule has 0 aliphatic carbocycles. The Hall–Kier alpha value is -2.39. The number of hydrogen-bond acceptors (Lipinski definition) is 5. The van der Waals surface area contributed by atoms with E-state index >= 15 is 0 Å². The van der Waals surface area contributed by atoms with Crippen molar-refractivity contribution < 1.29 is 22.7 Å². The first-order valence-electron chi connectivity index (χ1n) is 9.81. The van der Waals surface area contributed by atoms with E-state index in [2.05, 4.69) is 10.3 Å². The molecule has 1 aromatic carbocycles. The van der Waals surface area contributed by atoms with Crippen LogP contribution in [0, 0.1) is 11.6 Å². The van der Waals surface area contributed by atoms with E-state index in [1.54, 1.807) is 4.90 Å². The molecule has 1 spiro atoms. The fourth-order valence-electron chi connectivity index (χ4n) is 4.85. The van der Waals surface area contributed by atoms with Crippen molar-refractivity contribution in [1.82, 2.24) is 15.1 Å². The summed E-state index contributed by atoms with van der Waals surface area (Å²) in [6.07, 6.45) is 3.96. The molecule has 3 fully saturated rings. The van der Waals surface area contributed by atoms with E-state index in [9.17, 15) is 18.0 Å². The van der Waals surface area contributed by atoms with Crippen LogP contribution in [0.25, 0.3) is 0 Å². The maximum atomic E-state index is 13.7. The standard InChI is InChI=1S/C20H21F3N4O2/c21-13-7-12(8-14(22)9-13)16-1-2-17-27(16)18(28)20(29-17)3-5-26(6-4-20)19-24-10-15(23)11-25-19/h7-11,16-17,19,24H,1-6H2/t16-,17+,19?/m0/s1. The van der Waals surface area contributed by atoms with Gasteiger partial charge in [-0.05, 0) is 43.4 Å². The van der Waals surface area contributed by atoms with E-state index in [4.69, 9.17) is 4.74 Å². The van der Waals surface area contributed by atoms with Crippen LogP contribution in [-0.4, -0.2) is 53.1 Å². The van der Waals surface area contributed by atoms with Crippen molar-refractivity contribution in [2.45, 2.75) is 49.8 Å². The molecular formula is C20H21F3N4O2. The van der Waals surface area contributed by atoms with Gasteiger partial charge in [-0.2, -0.15) is 0 Å². The fraction of sp³-hybridized carbons (Fsp3) is 0.500. The molecule has 1 amide bonds. The zero-order valence-electron chi connectivity index (χ0n) is 15.7. The number of carbonyl (C=O) groups excluding carboxylic acids is 1.